The summed E-state index contributed by atoms with van der Waals surface area (Å²) in [6.45, 7) is 0.873. The van der Waals surface area contributed by atoms with Crippen LogP contribution >= 0.6 is 0 Å². The van der Waals surface area contributed by atoms with Gasteiger partial charge < -0.3 is 4.90 Å². The molecule has 0 amide bonds. The van der Waals surface area contributed by atoms with Crippen molar-refractivity contribution >= 4 is 5.94 Å². The SMILES string of the molecule is CN(C)CC1C(=C=O)C1(c1ccccc1)N(C)C. The molecule has 1 aromatic carbocycles. The lowest BCUT2D eigenvalue weighted by Gasteiger charge is -2.26. The molecule has 1 aromatic rings. The number of hydrogen-bond donors (Lipinski definition) is 0. The molecule has 1 fully saturated rings. The van der Waals surface area contributed by atoms with Gasteiger partial charge in [0.1, 0.15) is 5.94 Å². The van der Waals surface area contributed by atoms with Gasteiger partial charge in [0, 0.05) is 18.0 Å². The van der Waals surface area contributed by atoms with Crippen LogP contribution in [0.15, 0.2) is 35.9 Å². The molecular formula is C15H20N2O. The van der Waals surface area contributed by atoms with Crippen LogP contribution in [-0.4, -0.2) is 50.5 Å². The first-order valence-electron chi connectivity index (χ1n) is 6.18. The van der Waals surface area contributed by atoms with E-state index in [0.29, 0.717) is 0 Å². The van der Waals surface area contributed by atoms with Crippen LogP contribution in [0.3, 0.4) is 0 Å². The second kappa shape index (κ2) is 4.69. The zero-order valence-corrected chi connectivity index (χ0v) is 11.5. The predicted molar refractivity (Wildman–Crippen MR) is 73.1 cm³/mol. The molecule has 0 radical (unpaired) electrons. The van der Waals surface area contributed by atoms with Crippen molar-refractivity contribution in [3.8, 4) is 0 Å². The Morgan fingerprint density at radius 1 is 1.17 bits per heavy atom. The van der Waals surface area contributed by atoms with Crippen molar-refractivity contribution in [3.05, 3.63) is 41.5 Å². The third kappa shape index (κ3) is 1.81. The Bertz CT molecular complexity index is 475. The van der Waals surface area contributed by atoms with E-state index in [1.807, 2.05) is 46.4 Å². The van der Waals surface area contributed by atoms with E-state index in [2.05, 4.69) is 27.9 Å². The third-order valence-corrected chi connectivity index (χ3v) is 3.76. The van der Waals surface area contributed by atoms with E-state index in [0.717, 1.165) is 12.1 Å². The molecule has 1 aliphatic carbocycles. The van der Waals surface area contributed by atoms with E-state index in [4.69, 9.17) is 0 Å². The summed E-state index contributed by atoms with van der Waals surface area (Å²) >= 11 is 0. The van der Waals surface area contributed by atoms with Gasteiger partial charge in [0.2, 0.25) is 0 Å². The number of hydrogen-bond acceptors (Lipinski definition) is 3. The Labute approximate surface area is 109 Å². The number of likely N-dealkylation sites (N-methyl/N-ethyl adjacent to an activating group) is 1. The van der Waals surface area contributed by atoms with Crippen molar-refractivity contribution in [1.82, 2.24) is 9.80 Å². The van der Waals surface area contributed by atoms with Crippen LogP contribution in [0.1, 0.15) is 5.56 Å². The lowest BCUT2D eigenvalue weighted by molar-refractivity contribution is 0.238. The normalized spacial score (nSPS) is 26.6. The highest BCUT2D eigenvalue weighted by Crippen LogP contribution is 2.59. The van der Waals surface area contributed by atoms with Crippen LogP contribution in [0.4, 0.5) is 0 Å². The van der Waals surface area contributed by atoms with Gasteiger partial charge in [-0.25, -0.2) is 4.79 Å². The van der Waals surface area contributed by atoms with Crippen LogP contribution in [0.25, 0.3) is 0 Å². The van der Waals surface area contributed by atoms with Gasteiger partial charge in [-0.05, 0) is 33.8 Å². The number of benzene rings is 1. The van der Waals surface area contributed by atoms with Gasteiger partial charge in [-0.15, -0.1) is 0 Å². The maximum atomic E-state index is 11.2. The van der Waals surface area contributed by atoms with E-state index in [9.17, 15) is 4.79 Å². The van der Waals surface area contributed by atoms with E-state index in [1.54, 1.807) is 0 Å². The summed E-state index contributed by atoms with van der Waals surface area (Å²) in [6, 6.07) is 10.2. The Kier molecular flexibility index (Phi) is 3.40. The molecule has 3 heteroatoms. The molecule has 0 bridgehead atoms. The topological polar surface area (TPSA) is 23.6 Å². The zero-order chi connectivity index (χ0) is 13.3. The van der Waals surface area contributed by atoms with Crippen molar-refractivity contribution < 1.29 is 4.79 Å². The standard InChI is InChI=1S/C15H20N2O/c1-16(2)10-13-14(11-18)15(13,17(3)4)12-8-6-5-7-9-12/h5-9,13H,10H2,1-4H3. The summed E-state index contributed by atoms with van der Waals surface area (Å²) in [6.07, 6.45) is 0. The van der Waals surface area contributed by atoms with Crippen LogP contribution in [0.2, 0.25) is 0 Å². The average Bonchev–Trinajstić information content (AvgIpc) is 2.98. The minimum atomic E-state index is -0.257. The Morgan fingerprint density at radius 3 is 2.22 bits per heavy atom. The van der Waals surface area contributed by atoms with Crippen molar-refractivity contribution in [2.45, 2.75) is 5.54 Å². The first kappa shape index (κ1) is 13.0. The van der Waals surface area contributed by atoms with E-state index >= 15 is 0 Å². The maximum Gasteiger partial charge on any atom is 0.126 e. The minimum Gasteiger partial charge on any atom is -0.309 e. The Morgan fingerprint density at radius 2 is 1.78 bits per heavy atom. The van der Waals surface area contributed by atoms with Crippen molar-refractivity contribution in [2.75, 3.05) is 34.7 Å². The van der Waals surface area contributed by atoms with E-state index in [1.165, 1.54) is 5.56 Å². The first-order valence-corrected chi connectivity index (χ1v) is 6.18. The van der Waals surface area contributed by atoms with Crippen molar-refractivity contribution in [3.63, 3.8) is 0 Å². The molecule has 96 valence electrons. The fraction of sp³-hybridized carbons (Fsp3) is 0.467. The smallest absolute Gasteiger partial charge is 0.126 e. The molecule has 0 saturated heterocycles. The highest BCUT2D eigenvalue weighted by Gasteiger charge is 2.64. The van der Waals surface area contributed by atoms with Crippen molar-refractivity contribution in [1.29, 1.82) is 0 Å². The quantitative estimate of drug-likeness (QED) is 0.748. The summed E-state index contributed by atoms with van der Waals surface area (Å²) < 4.78 is 0. The zero-order valence-electron chi connectivity index (χ0n) is 11.5. The van der Waals surface area contributed by atoms with Gasteiger partial charge in [0.05, 0.1) is 5.54 Å². The fourth-order valence-electron chi connectivity index (χ4n) is 2.98. The molecular weight excluding hydrogens is 224 g/mol. The molecule has 0 aromatic heterocycles. The summed E-state index contributed by atoms with van der Waals surface area (Å²) in [4.78, 5) is 15.5. The van der Waals surface area contributed by atoms with Gasteiger partial charge in [-0.1, -0.05) is 30.3 Å². The van der Waals surface area contributed by atoms with Gasteiger partial charge in [0.15, 0.2) is 0 Å². The highest BCUT2D eigenvalue weighted by molar-refractivity contribution is 5.71. The maximum absolute atomic E-state index is 11.2. The van der Waals surface area contributed by atoms with Gasteiger partial charge in [-0.2, -0.15) is 0 Å². The second-order valence-electron chi connectivity index (χ2n) is 5.36. The molecule has 0 N–H and O–H groups in total. The predicted octanol–water partition coefficient (Wildman–Crippen LogP) is 1.39. The molecule has 2 atom stereocenters. The second-order valence-corrected chi connectivity index (χ2v) is 5.36. The van der Waals surface area contributed by atoms with Gasteiger partial charge in [0.25, 0.3) is 0 Å². The molecule has 1 aliphatic rings. The summed E-state index contributed by atoms with van der Waals surface area (Å²) in [5.74, 6) is 2.40. The monoisotopic (exact) mass is 244 g/mol. The van der Waals surface area contributed by atoms with Crippen LogP contribution in [0.5, 0.6) is 0 Å². The molecule has 3 nitrogen and oxygen atoms in total. The first-order chi connectivity index (χ1) is 8.55. The minimum absolute atomic E-state index is 0.238. The van der Waals surface area contributed by atoms with Gasteiger partial charge in [-0.3, -0.25) is 4.90 Å². The summed E-state index contributed by atoms with van der Waals surface area (Å²) in [7, 11) is 8.12. The number of nitrogens with zero attached hydrogens (tertiary/aromatic N) is 2. The van der Waals surface area contributed by atoms with Crippen molar-refractivity contribution in [2.24, 2.45) is 5.92 Å². The Balaban J connectivity index is 2.45. The summed E-state index contributed by atoms with van der Waals surface area (Å²) in [5.41, 5.74) is 1.79. The molecule has 2 unspecified atom stereocenters. The van der Waals surface area contributed by atoms with Gasteiger partial charge >= 0.3 is 0 Å². The molecule has 0 aliphatic heterocycles. The van der Waals surface area contributed by atoms with Crippen LogP contribution in [0, 0.1) is 5.92 Å². The largest absolute Gasteiger partial charge is 0.309 e. The molecule has 18 heavy (non-hydrogen) atoms. The summed E-state index contributed by atoms with van der Waals surface area (Å²) in [5, 5.41) is 0. The number of rotatable bonds is 4. The number of carbonyl (C=O) groups excluding carboxylic acids is 1. The van der Waals surface area contributed by atoms with Crippen LogP contribution < -0.4 is 0 Å². The van der Waals surface area contributed by atoms with Crippen LogP contribution in [-0.2, 0) is 10.3 Å². The third-order valence-electron chi connectivity index (χ3n) is 3.76. The molecule has 1 saturated carbocycles. The van der Waals surface area contributed by atoms with E-state index in [-0.39, 0.29) is 11.5 Å². The molecule has 2 rings (SSSR count). The molecule has 0 spiro atoms. The lowest BCUT2D eigenvalue weighted by atomic mass is 10.0. The highest BCUT2D eigenvalue weighted by atomic mass is 16.1. The molecule has 0 heterocycles. The lowest BCUT2D eigenvalue weighted by Crippen LogP contribution is -2.32. The average molecular weight is 244 g/mol. The fourth-order valence-corrected chi connectivity index (χ4v) is 2.98. The van der Waals surface area contributed by atoms with E-state index < -0.39 is 0 Å². The Hall–Kier alpha value is -1.41.